The van der Waals surface area contributed by atoms with Crippen LogP contribution in [0, 0.1) is 5.92 Å². The molecule has 0 bridgehead atoms. The zero-order chi connectivity index (χ0) is 15.5. The third-order valence-corrected chi connectivity index (χ3v) is 5.53. The van der Waals surface area contributed by atoms with Crippen LogP contribution in [0.5, 0.6) is 0 Å². The molecule has 0 radical (unpaired) electrons. The minimum absolute atomic E-state index is 0.105. The summed E-state index contributed by atoms with van der Waals surface area (Å²) < 4.78 is 5.91. The van der Waals surface area contributed by atoms with Gasteiger partial charge in [-0.25, -0.2) is 4.98 Å². The van der Waals surface area contributed by atoms with E-state index >= 15 is 0 Å². The molecule has 0 unspecified atom stereocenters. The number of hydrogen-bond donors (Lipinski definition) is 1. The van der Waals surface area contributed by atoms with Crippen molar-refractivity contribution in [2.45, 2.75) is 78.0 Å². The number of hydrogen-bond acceptors (Lipinski definition) is 4. The Balaban J connectivity index is 2.26. The molecule has 120 valence electrons. The fourth-order valence-corrected chi connectivity index (χ4v) is 4.28. The second-order valence-corrected chi connectivity index (χ2v) is 8.01. The van der Waals surface area contributed by atoms with Gasteiger partial charge in [-0.2, -0.15) is 0 Å². The van der Waals surface area contributed by atoms with Gasteiger partial charge in [0.15, 0.2) is 0 Å². The van der Waals surface area contributed by atoms with E-state index in [4.69, 9.17) is 9.72 Å². The van der Waals surface area contributed by atoms with Crippen LogP contribution < -0.4 is 5.32 Å². The van der Waals surface area contributed by atoms with Gasteiger partial charge in [0.25, 0.3) is 0 Å². The standard InChI is InChI=1S/C17H30N2OS/c1-12(2)10-14-15(11-18-13(3)4)21-16(19-14)17(20-5)8-6-7-9-17/h12-13,18H,6-11H2,1-5H3. The molecule has 1 aromatic rings. The third-order valence-electron chi connectivity index (χ3n) is 4.24. The van der Waals surface area contributed by atoms with Crippen LogP contribution in [0.1, 0.15) is 69.0 Å². The van der Waals surface area contributed by atoms with Crippen molar-refractivity contribution in [3.05, 3.63) is 15.6 Å². The minimum Gasteiger partial charge on any atom is -0.371 e. The van der Waals surface area contributed by atoms with Crippen LogP contribution in [0.4, 0.5) is 0 Å². The Morgan fingerprint density at radius 3 is 2.43 bits per heavy atom. The highest BCUT2D eigenvalue weighted by Crippen LogP contribution is 2.44. The monoisotopic (exact) mass is 310 g/mol. The lowest BCUT2D eigenvalue weighted by Gasteiger charge is -2.24. The van der Waals surface area contributed by atoms with Crippen molar-refractivity contribution in [3.8, 4) is 0 Å². The number of aromatic nitrogens is 1. The van der Waals surface area contributed by atoms with Crippen LogP contribution in [0.2, 0.25) is 0 Å². The van der Waals surface area contributed by atoms with Gasteiger partial charge in [0.2, 0.25) is 0 Å². The van der Waals surface area contributed by atoms with Crippen molar-refractivity contribution in [2.24, 2.45) is 5.92 Å². The summed E-state index contributed by atoms with van der Waals surface area (Å²) >= 11 is 1.87. The van der Waals surface area contributed by atoms with Crippen molar-refractivity contribution >= 4 is 11.3 Å². The number of nitrogens with zero attached hydrogens (tertiary/aromatic N) is 1. The third kappa shape index (κ3) is 4.05. The van der Waals surface area contributed by atoms with E-state index in [1.807, 2.05) is 18.4 Å². The highest BCUT2D eigenvalue weighted by atomic mass is 32.1. The van der Waals surface area contributed by atoms with E-state index in [9.17, 15) is 0 Å². The maximum Gasteiger partial charge on any atom is 0.125 e. The first-order valence-electron chi connectivity index (χ1n) is 8.24. The molecule has 1 saturated carbocycles. The molecule has 1 aliphatic carbocycles. The van der Waals surface area contributed by atoms with Crippen molar-refractivity contribution in [3.63, 3.8) is 0 Å². The van der Waals surface area contributed by atoms with E-state index in [1.54, 1.807) is 0 Å². The summed E-state index contributed by atoms with van der Waals surface area (Å²) in [4.78, 5) is 6.41. The predicted molar refractivity (Wildman–Crippen MR) is 89.8 cm³/mol. The zero-order valence-corrected chi connectivity index (χ0v) is 15.0. The van der Waals surface area contributed by atoms with Crippen LogP contribution in [0.25, 0.3) is 0 Å². The van der Waals surface area contributed by atoms with Crippen molar-refractivity contribution in [1.29, 1.82) is 0 Å². The molecule has 1 heterocycles. The van der Waals surface area contributed by atoms with Gasteiger partial charge in [0.05, 0.1) is 5.69 Å². The lowest BCUT2D eigenvalue weighted by atomic mass is 10.0. The first-order chi connectivity index (χ1) is 9.97. The topological polar surface area (TPSA) is 34.1 Å². The average Bonchev–Trinajstić information content (AvgIpc) is 3.03. The molecule has 2 rings (SSSR count). The van der Waals surface area contributed by atoms with Gasteiger partial charge in [0, 0.05) is 24.6 Å². The smallest absolute Gasteiger partial charge is 0.125 e. The normalized spacial score (nSPS) is 18.0. The summed E-state index contributed by atoms with van der Waals surface area (Å²) in [6, 6.07) is 0.505. The number of rotatable bonds is 7. The molecule has 1 fully saturated rings. The lowest BCUT2D eigenvalue weighted by Crippen LogP contribution is -2.24. The molecule has 0 spiro atoms. The van der Waals surface area contributed by atoms with E-state index in [0.717, 1.165) is 25.8 Å². The highest BCUT2D eigenvalue weighted by molar-refractivity contribution is 7.11. The molecular weight excluding hydrogens is 280 g/mol. The quantitative estimate of drug-likeness (QED) is 0.817. The van der Waals surface area contributed by atoms with Crippen LogP contribution >= 0.6 is 11.3 Å². The van der Waals surface area contributed by atoms with Crippen LogP contribution in [-0.4, -0.2) is 18.1 Å². The van der Waals surface area contributed by atoms with E-state index in [-0.39, 0.29) is 5.60 Å². The van der Waals surface area contributed by atoms with Gasteiger partial charge in [0.1, 0.15) is 10.6 Å². The second kappa shape index (κ2) is 7.21. The molecule has 0 atom stereocenters. The van der Waals surface area contributed by atoms with Crippen LogP contribution in [0.15, 0.2) is 0 Å². The van der Waals surface area contributed by atoms with E-state index in [0.29, 0.717) is 12.0 Å². The highest BCUT2D eigenvalue weighted by Gasteiger charge is 2.39. The Bertz CT molecular complexity index is 448. The molecule has 4 heteroatoms. The van der Waals surface area contributed by atoms with Crippen molar-refractivity contribution < 1.29 is 4.74 Å². The van der Waals surface area contributed by atoms with Gasteiger partial charge in [-0.05, 0) is 25.2 Å². The molecule has 3 nitrogen and oxygen atoms in total. The maximum absolute atomic E-state index is 5.91. The number of methoxy groups -OCH3 is 1. The molecule has 0 aromatic carbocycles. The molecule has 1 N–H and O–H groups in total. The Hall–Kier alpha value is -0.450. The van der Waals surface area contributed by atoms with Crippen LogP contribution in [-0.2, 0) is 23.3 Å². The first kappa shape index (κ1) is 16.9. The number of nitrogens with one attached hydrogen (secondary N) is 1. The molecule has 21 heavy (non-hydrogen) atoms. The summed E-state index contributed by atoms with van der Waals surface area (Å²) in [6.45, 7) is 9.84. The number of ether oxygens (including phenoxy) is 1. The lowest BCUT2D eigenvalue weighted by molar-refractivity contribution is -0.00897. The SMILES string of the molecule is COC1(c2nc(CC(C)C)c(CNC(C)C)s2)CCCC1. The summed E-state index contributed by atoms with van der Waals surface area (Å²) in [7, 11) is 1.85. The Morgan fingerprint density at radius 1 is 1.24 bits per heavy atom. The average molecular weight is 311 g/mol. The van der Waals surface area contributed by atoms with E-state index in [1.165, 1.54) is 28.4 Å². The molecule has 0 amide bonds. The Kier molecular flexibility index (Phi) is 5.81. The Labute approximate surface area is 133 Å². The van der Waals surface area contributed by atoms with Gasteiger partial charge >= 0.3 is 0 Å². The predicted octanol–water partition coefficient (Wildman–Crippen LogP) is 4.26. The fourth-order valence-electron chi connectivity index (χ4n) is 3.01. The number of thiazole rings is 1. The van der Waals surface area contributed by atoms with E-state index < -0.39 is 0 Å². The Morgan fingerprint density at radius 2 is 1.90 bits per heavy atom. The van der Waals surface area contributed by atoms with Crippen molar-refractivity contribution in [2.75, 3.05) is 7.11 Å². The zero-order valence-electron chi connectivity index (χ0n) is 14.2. The molecule has 0 aliphatic heterocycles. The van der Waals surface area contributed by atoms with Gasteiger partial charge in [-0.3, -0.25) is 0 Å². The molecule has 1 aliphatic rings. The van der Waals surface area contributed by atoms with Gasteiger partial charge in [-0.15, -0.1) is 11.3 Å². The van der Waals surface area contributed by atoms with Gasteiger partial charge in [-0.1, -0.05) is 40.5 Å². The minimum atomic E-state index is -0.105. The van der Waals surface area contributed by atoms with Crippen molar-refractivity contribution in [1.82, 2.24) is 10.3 Å². The summed E-state index contributed by atoms with van der Waals surface area (Å²) in [5.74, 6) is 0.639. The van der Waals surface area contributed by atoms with E-state index in [2.05, 4.69) is 33.0 Å². The molecular formula is C17H30N2OS. The largest absolute Gasteiger partial charge is 0.371 e. The first-order valence-corrected chi connectivity index (χ1v) is 9.06. The molecule has 1 aromatic heterocycles. The summed E-state index contributed by atoms with van der Waals surface area (Å²) in [5, 5.41) is 4.75. The maximum atomic E-state index is 5.91. The fraction of sp³-hybridized carbons (Fsp3) is 0.824. The summed E-state index contributed by atoms with van der Waals surface area (Å²) in [5.41, 5.74) is 1.17. The molecule has 0 saturated heterocycles. The second-order valence-electron chi connectivity index (χ2n) is 6.93. The van der Waals surface area contributed by atoms with Crippen LogP contribution in [0.3, 0.4) is 0 Å². The summed E-state index contributed by atoms with van der Waals surface area (Å²) in [6.07, 6.45) is 5.81. The van der Waals surface area contributed by atoms with Gasteiger partial charge < -0.3 is 10.1 Å².